The van der Waals surface area contributed by atoms with Crippen molar-refractivity contribution in [1.82, 2.24) is 4.98 Å². The molecule has 2 N–H and O–H groups in total. The number of ether oxygens (including phenoxy) is 1. The first kappa shape index (κ1) is 15.2. The van der Waals surface area contributed by atoms with E-state index in [9.17, 15) is 35.1 Å². The van der Waals surface area contributed by atoms with Gasteiger partial charge in [0.15, 0.2) is 11.6 Å². The predicted octanol–water partition coefficient (Wildman–Crippen LogP) is 3.52. The first-order chi connectivity index (χ1) is 8.42. The fourth-order valence-electron chi connectivity index (χ4n) is 1.12. The molecule has 1 aromatic rings. The molecule has 0 spiro atoms. The Bertz CT molecular complexity index is 467. The van der Waals surface area contributed by atoms with Crippen LogP contribution >= 0.6 is 0 Å². The third-order valence-electron chi connectivity index (χ3n) is 1.78. The van der Waals surface area contributed by atoms with Crippen molar-refractivity contribution in [3.05, 3.63) is 17.3 Å². The van der Waals surface area contributed by atoms with Crippen LogP contribution < -0.4 is 10.5 Å². The fraction of sp³-hybridized carbons (Fsp3) is 0.375. The minimum absolute atomic E-state index is 0.267. The van der Waals surface area contributed by atoms with Crippen LogP contribution in [-0.2, 0) is 6.18 Å². The molecule has 19 heavy (non-hydrogen) atoms. The van der Waals surface area contributed by atoms with Crippen molar-refractivity contribution in [2.24, 2.45) is 0 Å². The Hall–Kier alpha value is -1.81. The van der Waals surface area contributed by atoms with Crippen LogP contribution in [0.3, 0.4) is 0 Å². The van der Waals surface area contributed by atoms with Crippen LogP contribution in [0.5, 0.6) is 5.75 Å². The Balaban J connectivity index is 3.39. The number of nitrogens with zero attached hydrogens (tertiary/aromatic N) is 1. The van der Waals surface area contributed by atoms with Gasteiger partial charge >= 0.3 is 12.5 Å². The van der Waals surface area contributed by atoms with Gasteiger partial charge in [-0.1, -0.05) is 0 Å². The van der Waals surface area contributed by atoms with Gasteiger partial charge in [0, 0.05) is 0 Å². The van der Waals surface area contributed by atoms with Gasteiger partial charge < -0.3 is 10.5 Å². The molecule has 0 atom stereocenters. The van der Waals surface area contributed by atoms with E-state index >= 15 is 0 Å². The molecule has 0 aliphatic carbocycles. The van der Waals surface area contributed by atoms with Crippen molar-refractivity contribution < 1.29 is 39.9 Å². The van der Waals surface area contributed by atoms with Gasteiger partial charge in [0.2, 0.25) is 0 Å². The van der Waals surface area contributed by atoms with E-state index in [0.29, 0.717) is 0 Å². The van der Waals surface area contributed by atoms with Crippen LogP contribution in [0.4, 0.5) is 40.9 Å². The molecule has 0 bridgehead atoms. The second kappa shape index (κ2) is 4.70. The summed E-state index contributed by atoms with van der Waals surface area (Å²) in [5, 5.41) is 0. The third-order valence-corrected chi connectivity index (χ3v) is 1.78. The molecule has 0 aliphatic rings. The number of alkyl halides is 8. The largest absolute Gasteiger partial charge is 0.573 e. The molecule has 0 unspecified atom stereocenters. The normalized spacial score (nSPS) is 12.9. The molecular formula is C8H4F8N2O. The van der Waals surface area contributed by atoms with Gasteiger partial charge in [-0.25, -0.2) is 13.8 Å². The van der Waals surface area contributed by atoms with Crippen LogP contribution in [0, 0.1) is 0 Å². The van der Waals surface area contributed by atoms with Crippen molar-refractivity contribution in [2.45, 2.75) is 19.0 Å². The summed E-state index contributed by atoms with van der Waals surface area (Å²) in [6.45, 7) is 0. The Morgan fingerprint density at radius 3 is 2.00 bits per heavy atom. The summed E-state index contributed by atoms with van der Waals surface area (Å²) in [5.41, 5.74) is 1.03. The Morgan fingerprint density at radius 2 is 1.63 bits per heavy atom. The molecule has 1 rings (SSSR count). The maximum Gasteiger partial charge on any atom is 0.573 e. The zero-order chi connectivity index (χ0) is 15.0. The van der Waals surface area contributed by atoms with E-state index in [0.717, 1.165) is 0 Å². The number of anilines is 1. The standard InChI is InChI=1S/C8H4F8N2O/c9-5(10)4-2(7(11,12)13)1-3(6(17)18-4)19-8(14,15)16/h1,5H,(H2,17,18). The summed E-state index contributed by atoms with van der Waals surface area (Å²) >= 11 is 0. The summed E-state index contributed by atoms with van der Waals surface area (Å²) in [5.74, 6) is -2.72. The average Bonchev–Trinajstić information content (AvgIpc) is 2.16. The topological polar surface area (TPSA) is 48.1 Å². The summed E-state index contributed by atoms with van der Waals surface area (Å²) in [4.78, 5) is 2.61. The molecule has 0 amide bonds. The van der Waals surface area contributed by atoms with Crippen molar-refractivity contribution in [1.29, 1.82) is 0 Å². The highest BCUT2D eigenvalue weighted by atomic mass is 19.4. The van der Waals surface area contributed by atoms with E-state index < -0.39 is 41.8 Å². The molecule has 1 heterocycles. The van der Waals surface area contributed by atoms with Crippen LogP contribution in [0.1, 0.15) is 17.7 Å². The van der Waals surface area contributed by atoms with Gasteiger partial charge in [-0.3, -0.25) is 0 Å². The van der Waals surface area contributed by atoms with E-state index in [1.807, 2.05) is 0 Å². The summed E-state index contributed by atoms with van der Waals surface area (Å²) in [7, 11) is 0. The van der Waals surface area contributed by atoms with Crippen molar-refractivity contribution in [3.63, 3.8) is 0 Å². The molecule has 0 aromatic carbocycles. The number of nitrogen functional groups attached to an aromatic ring is 1. The highest BCUT2D eigenvalue weighted by Crippen LogP contribution is 2.40. The number of nitrogens with two attached hydrogens (primary N) is 1. The van der Waals surface area contributed by atoms with Gasteiger partial charge in [-0.2, -0.15) is 13.2 Å². The third kappa shape index (κ3) is 3.83. The minimum Gasteiger partial charge on any atom is -0.402 e. The lowest BCUT2D eigenvalue weighted by atomic mass is 10.1. The number of halogens is 8. The number of hydrogen-bond donors (Lipinski definition) is 1. The maximum absolute atomic E-state index is 12.4. The average molecular weight is 296 g/mol. The highest BCUT2D eigenvalue weighted by Gasteiger charge is 2.40. The number of hydrogen-bond acceptors (Lipinski definition) is 3. The Labute approximate surface area is 99.5 Å². The number of pyridine rings is 1. The van der Waals surface area contributed by atoms with E-state index in [2.05, 4.69) is 9.72 Å². The lowest BCUT2D eigenvalue weighted by Gasteiger charge is -2.16. The zero-order valence-electron chi connectivity index (χ0n) is 8.61. The zero-order valence-corrected chi connectivity index (χ0v) is 8.61. The lowest BCUT2D eigenvalue weighted by Crippen LogP contribution is -2.20. The molecule has 108 valence electrons. The summed E-state index contributed by atoms with van der Waals surface area (Å²) in [6.07, 6.45) is -14.3. The molecule has 0 radical (unpaired) electrons. The second-order valence-corrected chi connectivity index (χ2v) is 3.15. The molecule has 1 aromatic heterocycles. The molecule has 3 nitrogen and oxygen atoms in total. The van der Waals surface area contributed by atoms with Crippen molar-refractivity contribution in [2.75, 3.05) is 5.73 Å². The SMILES string of the molecule is Nc1nc(C(F)F)c(C(F)(F)F)cc1OC(F)(F)F. The van der Waals surface area contributed by atoms with Gasteiger partial charge in [-0.15, -0.1) is 13.2 Å². The lowest BCUT2D eigenvalue weighted by molar-refractivity contribution is -0.274. The Morgan fingerprint density at radius 1 is 1.11 bits per heavy atom. The molecule has 0 aliphatic heterocycles. The molecule has 0 saturated carbocycles. The number of rotatable bonds is 2. The van der Waals surface area contributed by atoms with Crippen molar-refractivity contribution in [3.8, 4) is 5.75 Å². The maximum atomic E-state index is 12.4. The predicted molar refractivity (Wildman–Crippen MR) is 45.3 cm³/mol. The van der Waals surface area contributed by atoms with Gasteiger partial charge in [0.25, 0.3) is 6.43 Å². The summed E-state index contributed by atoms with van der Waals surface area (Å²) in [6, 6.07) is -0.267. The molecular weight excluding hydrogens is 292 g/mol. The first-order valence-corrected chi connectivity index (χ1v) is 4.33. The fourth-order valence-corrected chi connectivity index (χ4v) is 1.12. The van der Waals surface area contributed by atoms with E-state index in [1.165, 1.54) is 0 Å². The monoisotopic (exact) mass is 296 g/mol. The molecule has 0 saturated heterocycles. The van der Waals surface area contributed by atoms with Crippen LogP contribution in [-0.4, -0.2) is 11.3 Å². The molecule has 0 fully saturated rings. The van der Waals surface area contributed by atoms with E-state index in [4.69, 9.17) is 5.73 Å². The second-order valence-electron chi connectivity index (χ2n) is 3.15. The van der Waals surface area contributed by atoms with E-state index in [1.54, 1.807) is 0 Å². The van der Waals surface area contributed by atoms with Gasteiger partial charge in [0.1, 0.15) is 5.69 Å². The Kier molecular flexibility index (Phi) is 3.77. The van der Waals surface area contributed by atoms with Crippen LogP contribution in [0.2, 0.25) is 0 Å². The van der Waals surface area contributed by atoms with Crippen molar-refractivity contribution >= 4 is 5.82 Å². The van der Waals surface area contributed by atoms with Gasteiger partial charge in [-0.05, 0) is 6.07 Å². The minimum atomic E-state index is -5.33. The van der Waals surface area contributed by atoms with Crippen LogP contribution in [0.15, 0.2) is 6.07 Å². The van der Waals surface area contributed by atoms with Gasteiger partial charge in [0.05, 0.1) is 5.56 Å². The highest BCUT2D eigenvalue weighted by molar-refractivity contribution is 5.50. The first-order valence-electron chi connectivity index (χ1n) is 4.33. The quantitative estimate of drug-likeness (QED) is 0.849. The van der Waals surface area contributed by atoms with E-state index in [-0.39, 0.29) is 6.07 Å². The summed E-state index contributed by atoms with van der Waals surface area (Å²) < 4.78 is 101. The number of aromatic nitrogens is 1. The van der Waals surface area contributed by atoms with Crippen LogP contribution in [0.25, 0.3) is 0 Å². The smallest absolute Gasteiger partial charge is 0.402 e. The molecule has 11 heteroatoms.